The fourth-order valence-electron chi connectivity index (χ4n) is 3.55. The molecular weight excluding hydrogens is 421 g/mol. The molecule has 2 aliphatic heterocycles. The van der Waals surface area contributed by atoms with Crippen LogP contribution < -0.4 is 28.4 Å². The summed E-state index contributed by atoms with van der Waals surface area (Å²) in [4.78, 5) is 11.5. The van der Waals surface area contributed by atoms with Crippen molar-refractivity contribution in [2.75, 3.05) is 0 Å². The van der Waals surface area contributed by atoms with Gasteiger partial charge in [0.05, 0.1) is 0 Å². The average Bonchev–Trinajstić information content (AvgIpc) is 3.35. The third-order valence-corrected chi connectivity index (χ3v) is 5.01. The number of carbonyl (C=O) groups is 1. The van der Waals surface area contributed by atoms with Crippen molar-refractivity contribution in [2.24, 2.45) is 0 Å². The van der Waals surface area contributed by atoms with Crippen LogP contribution in [0.4, 0.5) is 4.32 Å². The van der Waals surface area contributed by atoms with Crippen molar-refractivity contribution >= 4 is 31.0 Å². The van der Waals surface area contributed by atoms with Crippen LogP contribution in [0.25, 0.3) is 12.2 Å². The molecule has 3 heterocycles. The molecule has 1 amide bonds. The van der Waals surface area contributed by atoms with Gasteiger partial charge in [0.1, 0.15) is 0 Å². The Morgan fingerprint density at radius 2 is 1.87 bits per heavy atom. The fourth-order valence-corrected chi connectivity index (χ4v) is 3.55. The van der Waals surface area contributed by atoms with Gasteiger partial charge >= 0.3 is 7.26 Å². The maximum absolute atomic E-state index is 15.5. The molecule has 4 N–H and O–H groups in total. The summed E-state index contributed by atoms with van der Waals surface area (Å²) < 4.78 is 18.8. The zero-order valence-electron chi connectivity index (χ0n) is 16.7. The number of carbonyl (C=O) groups excluding carboxylic acids is 1. The van der Waals surface area contributed by atoms with Crippen LogP contribution in [0.5, 0.6) is 0 Å². The normalized spacial score (nSPS) is 14.3. The number of aromatic nitrogens is 1. The lowest BCUT2D eigenvalue weighted by molar-refractivity contribution is -0.427. The van der Waals surface area contributed by atoms with Gasteiger partial charge in [0.25, 0.3) is 5.91 Å². The van der Waals surface area contributed by atoms with E-state index in [1.807, 2.05) is 85.0 Å². The maximum Gasteiger partial charge on any atom is 0.846 e. The zero-order valence-corrected chi connectivity index (χ0v) is 17.5. The van der Waals surface area contributed by atoms with Crippen LogP contribution in [0.3, 0.4) is 0 Å². The summed E-state index contributed by atoms with van der Waals surface area (Å²) >= 11 is 0. The number of benzene rings is 1. The summed E-state index contributed by atoms with van der Waals surface area (Å²) in [6, 6.07) is 13.8. The van der Waals surface area contributed by atoms with E-state index in [9.17, 15) is 4.79 Å². The largest absolute Gasteiger partial charge is 1.00 e. The molecule has 2 aliphatic rings. The van der Waals surface area contributed by atoms with E-state index in [2.05, 4.69) is 11.3 Å². The highest BCUT2D eigenvalue weighted by molar-refractivity contribution is 6.43. The predicted octanol–water partition coefficient (Wildman–Crippen LogP) is -3.85. The molecule has 0 saturated carbocycles. The summed E-state index contributed by atoms with van der Waals surface area (Å²) in [5.41, 5.74) is 6.65. The predicted molar refractivity (Wildman–Crippen MR) is 113 cm³/mol. The molecule has 0 atom stereocenters. The number of halogens is 3. The van der Waals surface area contributed by atoms with Crippen LogP contribution in [0.2, 0.25) is 0 Å². The maximum atomic E-state index is 15.5. The van der Waals surface area contributed by atoms with E-state index < -0.39 is 7.26 Å². The van der Waals surface area contributed by atoms with E-state index in [-0.39, 0.29) is 29.4 Å². The molecule has 4 rings (SSSR count). The van der Waals surface area contributed by atoms with E-state index >= 15 is 4.32 Å². The number of aryl methyl sites for hydroxylation is 1. The lowest BCUT2D eigenvalue weighted by Gasteiger charge is -2.14. The lowest BCUT2D eigenvalue weighted by Crippen LogP contribution is -3.00. The Hall–Kier alpha value is -3.23. The van der Waals surface area contributed by atoms with E-state index in [0.29, 0.717) is 6.42 Å². The van der Waals surface area contributed by atoms with Gasteiger partial charge in [0.2, 0.25) is 0 Å². The minimum atomic E-state index is -1.36. The molecule has 0 unspecified atom stereocenters. The molecular formula is C22H22BClF2N4O. The Morgan fingerprint density at radius 3 is 2.61 bits per heavy atom. The average molecular weight is 443 g/mol. The first-order valence-electron chi connectivity index (χ1n) is 9.53. The molecule has 5 nitrogen and oxygen atoms in total. The SMILES string of the molecule is [Cl-].[F-].[NH3+]NC(=O)CCc1ccc2n1B(F)[N+]1=C(/C=C/C=C/c3ccccc3)C=CC1=C2. The molecule has 2 aromatic rings. The van der Waals surface area contributed by atoms with Crippen LogP contribution in [-0.2, 0) is 11.2 Å². The van der Waals surface area contributed by atoms with E-state index in [1.54, 1.807) is 8.96 Å². The molecule has 1 aromatic heterocycles. The molecule has 0 aliphatic carbocycles. The minimum absolute atomic E-state index is 0. The number of allylic oxidation sites excluding steroid dienone is 5. The lowest BCUT2D eigenvalue weighted by atomic mass is 9.96. The Labute approximate surface area is 186 Å². The van der Waals surface area contributed by atoms with Gasteiger partial charge in [-0.25, -0.2) is 14.2 Å². The van der Waals surface area contributed by atoms with Gasteiger partial charge in [0.15, 0.2) is 11.4 Å². The molecule has 0 saturated heterocycles. The van der Waals surface area contributed by atoms with Gasteiger partial charge in [-0.1, -0.05) is 48.6 Å². The summed E-state index contributed by atoms with van der Waals surface area (Å²) in [6.45, 7) is 0. The standard InChI is InChI=1S/C22H20BFN4O.ClH.FH/c24-23-27-18(9-5-4-8-17-6-2-1-3-7-17)10-12-20(27)16-21-13-11-19(28(21)23)14-15-22(29)26-25;;/h1-13,16H,14-15,25H2;2*1H/b8-4+,9-5+;;. The van der Waals surface area contributed by atoms with Gasteiger partial charge in [-0.15, -0.1) is 0 Å². The monoisotopic (exact) mass is 442 g/mol. The van der Waals surface area contributed by atoms with Crippen molar-refractivity contribution in [2.45, 2.75) is 12.8 Å². The first-order chi connectivity index (χ1) is 14.2. The molecule has 0 fully saturated rings. The van der Waals surface area contributed by atoms with E-state index in [1.165, 1.54) is 0 Å². The molecule has 0 radical (unpaired) electrons. The van der Waals surface area contributed by atoms with Gasteiger partial charge < -0.3 is 17.1 Å². The Kier molecular flexibility index (Phi) is 8.30. The van der Waals surface area contributed by atoms with Crippen molar-refractivity contribution in [3.63, 3.8) is 0 Å². The summed E-state index contributed by atoms with van der Waals surface area (Å²) in [7, 11) is -1.36. The zero-order chi connectivity index (χ0) is 20.2. The van der Waals surface area contributed by atoms with Crippen LogP contribution in [-0.4, -0.2) is 27.8 Å². The molecule has 0 spiro atoms. The number of hydrogen-bond donors (Lipinski definition) is 2. The van der Waals surface area contributed by atoms with Crippen LogP contribution >= 0.6 is 0 Å². The summed E-state index contributed by atoms with van der Waals surface area (Å²) in [5.74, 6) is 3.21. The smallest absolute Gasteiger partial charge is 0.846 e. The van der Waals surface area contributed by atoms with Gasteiger partial charge in [-0.3, -0.25) is 15.1 Å². The summed E-state index contributed by atoms with van der Waals surface area (Å²) in [6.07, 6.45) is 14.3. The molecule has 31 heavy (non-hydrogen) atoms. The van der Waals surface area contributed by atoms with Gasteiger partial charge in [0, 0.05) is 42.1 Å². The number of nitrogens with zero attached hydrogens (tertiary/aromatic N) is 2. The number of nitrogens with one attached hydrogen (secondary N) is 1. The molecule has 0 bridgehead atoms. The highest BCUT2D eigenvalue weighted by Crippen LogP contribution is 2.26. The molecule has 1 aromatic carbocycles. The van der Waals surface area contributed by atoms with Crippen molar-refractivity contribution in [3.8, 4) is 0 Å². The molecule has 9 heteroatoms. The molecule has 160 valence electrons. The van der Waals surface area contributed by atoms with Crippen molar-refractivity contribution < 1.29 is 36.6 Å². The summed E-state index contributed by atoms with van der Waals surface area (Å²) in [5, 5.41) is 0. The fraction of sp³-hybridized carbons (Fsp3) is 0.0909. The first kappa shape index (κ1) is 24.0. The number of quaternary nitrogens is 1. The topological polar surface area (TPSA) is 64.7 Å². The van der Waals surface area contributed by atoms with Crippen molar-refractivity contribution in [3.05, 3.63) is 95.5 Å². The van der Waals surface area contributed by atoms with Crippen molar-refractivity contribution in [1.82, 2.24) is 9.90 Å². The second-order valence-electron chi connectivity index (χ2n) is 6.86. The van der Waals surface area contributed by atoms with E-state index in [4.69, 9.17) is 0 Å². The third kappa shape index (κ3) is 5.10. The Balaban J connectivity index is 0.00000171. The minimum Gasteiger partial charge on any atom is -1.00 e. The van der Waals surface area contributed by atoms with Gasteiger partial charge in [-0.2, -0.15) is 0 Å². The number of fused-ring (bicyclic) bond motifs is 2. The second kappa shape index (κ2) is 10.7. The van der Waals surface area contributed by atoms with Gasteiger partial charge in [-0.05, 0) is 24.1 Å². The number of hydrogen-bond acceptors (Lipinski definition) is 1. The van der Waals surface area contributed by atoms with Crippen LogP contribution in [0.1, 0.15) is 23.4 Å². The highest BCUT2D eigenvalue weighted by atomic mass is 35.5. The third-order valence-electron chi connectivity index (χ3n) is 5.01. The highest BCUT2D eigenvalue weighted by Gasteiger charge is 2.47. The Bertz CT molecular complexity index is 1090. The van der Waals surface area contributed by atoms with E-state index in [0.717, 1.165) is 28.4 Å². The number of rotatable bonds is 6. The first-order valence-corrected chi connectivity index (χ1v) is 9.53. The quantitative estimate of drug-likeness (QED) is 0.269. The van der Waals surface area contributed by atoms with Crippen LogP contribution in [0.15, 0.2) is 78.5 Å². The second-order valence-corrected chi connectivity index (χ2v) is 6.86. The Morgan fingerprint density at radius 1 is 1.13 bits per heavy atom. The van der Waals surface area contributed by atoms with Crippen molar-refractivity contribution in [1.29, 1.82) is 0 Å². The van der Waals surface area contributed by atoms with Crippen LogP contribution in [0, 0.1) is 0 Å². The number of amides is 1.